The number of para-hydroxylation sites is 1. The molecule has 2 heterocycles. The number of nitrogens with zero attached hydrogens (tertiary/aromatic N) is 3. The minimum Gasteiger partial charge on any atom is -0.495 e. The van der Waals surface area contributed by atoms with E-state index in [2.05, 4.69) is 30.8 Å². The molecule has 2 N–H and O–H groups in total. The van der Waals surface area contributed by atoms with Crippen LogP contribution in [0.2, 0.25) is 0 Å². The number of piperazine rings is 1. The predicted molar refractivity (Wildman–Crippen MR) is 125 cm³/mol. The van der Waals surface area contributed by atoms with Gasteiger partial charge in [-0.25, -0.2) is 9.59 Å². The molecule has 34 heavy (non-hydrogen) atoms. The number of hydrogen-bond donors (Lipinski definition) is 2. The van der Waals surface area contributed by atoms with E-state index in [0.717, 1.165) is 48.6 Å². The summed E-state index contributed by atoms with van der Waals surface area (Å²) in [6.07, 6.45) is 1.15. The normalized spacial score (nSPS) is 13.9. The fourth-order valence-corrected chi connectivity index (χ4v) is 3.93. The van der Waals surface area contributed by atoms with Gasteiger partial charge in [-0.15, -0.1) is 0 Å². The zero-order valence-corrected chi connectivity index (χ0v) is 18.6. The molecule has 0 radical (unpaired) electrons. The molecule has 2 aromatic carbocycles. The molecule has 0 bridgehead atoms. The molecule has 1 fully saturated rings. The largest absolute Gasteiger partial charge is 0.495 e. The zero-order valence-electron chi connectivity index (χ0n) is 18.6. The van der Waals surface area contributed by atoms with Crippen molar-refractivity contribution in [2.24, 2.45) is 0 Å². The van der Waals surface area contributed by atoms with Gasteiger partial charge >= 0.3 is 17.9 Å². The first-order valence-electron chi connectivity index (χ1n) is 10.7. The number of aliphatic carboxylic acids is 1. The summed E-state index contributed by atoms with van der Waals surface area (Å²) in [6.45, 7) is 3.11. The highest BCUT2D eigenvalue weighted by molar-refractivity contribution is 5.96. The Morgan fingerprint density at radius 2 is 1.79 bits per heavy atom. The Labute approximate surface area is 195 Å². The summed E-state index contributed by atoms with van der Waals surface area (Å²) in [6, 6.07) is 13.4. The second kappa shape index (κ2) is 10.1. The van der Waals surface area contributed by atoms with Gasteiger partial charge in [0, 0.05) is 43.7 Å². The van der Waals surface area contributed by atoms with Crippen LogP contribution in [0.15, 0.2) is 54.6 Å². The van der Waals surface area contributed by atoms with E-state index >= 15 is 0 Å². The number of carbonyl (C=O) groups is 3. The van der Waals surface area contributed by atoms with Crippen LogP contribution in [0.1, 0.15) is 5.56 Å². The summed E-state index contributed by atoms with van der Waals surface area (Å²) < 4.78 is 10.2. The van der Waals surface area contributed by atoms with Gasteiger partial charge in [0.25, 0.3) is 0 Å². The van der Waals surface area contributed by atoms with Gasteiger partial charge in [-0.05, 0) is 29.8 Å². The lowest BCUT2D eigenvalue weighted by Crippen LogP contribution is -2.46. The van der Waals surface area contributed by atoms with Crippen molar-refractivity contribution in [1.82, 2.24) is 10.2 Å². The third-order valence-electron chi connectivity index (χ3n) is 5.54. The van der Waals surface area contributed by atoms with Gasteiger partial charge < -0.3 is 24.4 Å². The number of H-pyrrole nitrogens is 1. The summed E-state index contributed by atoms with van der Waals surface area (Å²) in [7, 11) is 1.56. The zero-order chi connectivity index (χ0) is 24.1. The van der Waals surface area contributed by atoms with Gasteiger partial charge in [0.05, 0.1) is 24.7 Å². The molecule has 0 unspecified atom stereocenters. The first kappa shape index (κ1) is 22.8. The van der Waals surface area contributed by atoms with Gasteiger partial charge in [-0.1, -0.05) is 18.2 Å². The average Bonchev–Trinajstić information content (AvgIpc) is 3.27. The Morgan fingerprint density at radius 3 is 2.53 bits per heavy atom. The van der Waals surface area contributed by atoms with Crippen molar-refractivity contribution in [1.29, 1.82) is 0 Å². The number of anilines is 2. The lowest BCUT2D eigenvalue weighted by molar-refractivity contribution is -0.155. The lowest BCUT2D eigenvalue weighted by atomic mass is 10.1. The van der Waals surface area contributed by atoms with Crippen LogP contribution >= 0.6 is 0 Å². The number of aromatic nitrogens is 2. The monoisotopic (exact) mass is 464 g/mol. The number of rotatable bonds is 7. The number of hydrogen-bond acceptors (Lipinski definition) is 8. The second-order valence-electron chi connectivity index (χ2n) is 7.71. The molecule has 1 aliphatic rings. The van der Waals surface area contributed by atoms with Crippen LogP contribution < -0.4 is 14.5 Å². The summed E-state index contributed by atoms with van der Waals surface area (Å²) >= 11 is 0. The van der Waals surface area contributed by atoms with Crippen LogP contribution in [-0.4, -0.2) is 66.5 Å². The van der Waals surface area contributed by atoms with Crippen molar-refractivity contribution in [2.45, 2.75) is 6.42 Å². The highest BCUT2D eigenvalue weighted by Crippen LogP contribution is 2.32. The van der Waals surface area contributed by atoms with E-state index in [9.17, 15) is 14.4 Å². The third-order valence-corrected chi connectivity index (χ3v) is 5.54. The number of carboxylic acid groups (broad SMARTS) is 1. The quantitative estimate of drug-likeness (QED) is 0.307. The molecule has 1 aliphatic heterocycles. The number of ether oxygens (including phenoxy) is 2. The predicted octanol–water partition coefficient (Wildman–Crippen LogP) is 2.15. The standard InChI is InChI=1S/C24H24N4O6/c1-33-20-14-16(15-23(32)34-22(31)9-8-21(29)30)6-7-19(20)27-10-12-28(13-11-27)24-17-4-2-3-5-18(17)25-26-24/h2-9,14H,10-13,15H2,1H3,(H,25,26)(H,29,30)/b9-8+. The molecule has 0 saturated carbocycles. The Balaban J connectivity index is 1.39. The number of carbonyl (C=O) groups excluding carboxylic acids is 2. The molecule has 3 aromatic rings. The molecule has 0 spiro atoms. The molecule has 0 aliphatic carbocycles. The SMILES string of the molecule is COc1cc(CC(=O)OC(=O)/C=C/C(=O)O)ccc1N1CCN(c2n[nH]c3ccccc23)CC1. The Bertz CT molecular complexity index is 1240. The fourth-order valence-electron chi connectivity index (χ4n) is 3.93. The third kappa shape index (κ3) is 5.17. The summed E-state index contributed by atoms with van der Waals surface area (Å²) in [5.74, 6) is -1.55. The lowest BCUT2D eigenvalue weighted by Gasteiger charge is -2.37. The van der Waals surface area contributed by atoms with Crippen molar-refractivity contribution >= 4 is 40.3 Å². The molecule has 1 saturated heterocycles. The smallest absolute Gasteiger partial charge is 0.338 e. The number of carboxylic acids is 1. The maximum atomic E-state index is 12.0. The summed E-state index contributed by atoms with van der Waals surface area (Å²) in [5, 5.41) is 17.2. The second-order valence-corrected chi connectivity index (χ2v) is 7.71. The molecular formula is C24H24N4O6. The van der Waals surface area contributed by atoms with E-state index in [1.54, 1.807) is 19.2 Å². The van der Waals surface area contributed by atoms with E-state index in [-0.39, 0.29) is 6.42 Å². The van der Waals surface area contributed by atoms with Gasteiger partial charge in [0.15, 0.2) is 5.82 Å². The average molecular weight is 464 g/mol. The topological polar surface area (TPSA) is 125 Å². The molecule has 1 aromatic heterocycles. The van der Waals surface area contributed by atoms with E-state index in [1.807, 2.05) is 24.3 Å². The van der Waals surface area contributed by atoms with Crippen LogP contribution in [0.25, 0.3) is 10.9 Å². The van der Waals surface area contributed by atoms with Gasteiger partial charge in [0.1, 0.15) is 5.75 Å². The van der Waals surface area contributed by atoms with Crippen LogP contribution in [0.5, 0.6) is 5.75 Å². The number of aromatic amines is 1. The first-order chi connectivity index (χ1) is 16.4. The van der Waals surface area contributed by atoms with Gasteiger partial charge in [0.2, 0.25) is 0 Å². The Morgan fingerprint density at radius 1 is 1.06 bits per heavy atom. The molecule has 0 atom stereocenters. The minimum atomic E-state index is -1.30. The molecule has 10 nitrogen and oxygen atoms in total. The van der Waals surface area contributed by atoms with Crippen molar-refractivity contribution < 1.29 is 29.0 Å². The van der Waals surface area contributed by atoms with Crippen LogP contribution in [0, 0.1) is 0 Å². The number of nitrogens with one attached hydrogen (secondary N) is 1. The fraction of sp³-hybridized carbons (Fsp3) is 0.250. The Hall–Kier alpha value is -4.34. The molecule has 4 rings (SSSR count). The molecule has 0 amide bonds. The van der Waals surface area contributed by atoms with Crippen LogP contribution in [-0.2, 0) is 25.5 Å². The molecule has 176 valence electrons. The van der Waals surface area contributed by atoms with E-state index in [0.29, 0.717) is 23.5 Å². The van der Waals surface area contributed by atoms with E-state index < -0.39 is 17.9 Å². The highest BCUT2D eigenvalue weighted by Gasteiger charge is 2.23. The maximum absolute atomic E-state index is 12.0. The number of benzene rings is 2. The van der Waals surface area contributed by atoms with E-state index in [4.69, 9.17) is 9.84 Å². The number of fused-ring (bicyclic) bond motifs is 1. The van der Waals surface area contributed by atoms with Crippen molar-refractivity contribution in [2.75, 3.05) is 43.1 Å². The number of methoxy groups -OCH3 is 1. The summed E-state index contributed by atoms with van der Waals surface area (Å²) in [4.78, 5) is 38.4. The van der Waals surface area contributed by atoms with E-state index in [1.165, 1.54) is 0 Å². The Kier molecular flexibility index (Phi) is 6.77. The van der Waals surface area contributed by atoms with Crippen molar-refractivity contribution in [3.63, 3.8) is 0 Å². The van der Waals surface area contributed by atoms with Crippen LogP contribution in [0.4, 0.5) is 11.5 Å². The maximum Gasteiger partial charge on any atom is 0.338 e. The summed E-state index contributed by atoms with van der Waals surface area (Å²) in [5.41, 5.74) is 2.53. The molecule has 10 heteroatoms. The van der Waals surface area contributed by atoms with Crippen molar-refractivity contribution in [3.05, 3.63) is 60.2 Å². The number of esters is 2. The minimum absolute atomic E-state index is 0.150. The van der Waals surface area contributed by atoms with Gasteiger partial charge in [-0.2, -0.15) is 5.10 Å². The van der Waals surface area contributed by atoms with Crippen LogP contribution in [0.3, 0.4) is 0 Å². The van der Waals surface area contributed by atoms with Crippen molar-refractivity contribution in [3.8, 4) is 5.75 Å². The highest BCUT2D eigenvalue weighted by atomic mass is 16.6. The van der Waals surface area contributed by atoms with Gasteiger partial charge in [-0.3, -0.25) is 9.89 Å². The molecular weight excluding hydrogens is 440 g/mol. The first-order valence-corrected chi connectivity index (χ1v) is 10.7.